The van der Waals surface area contributed by atoms with Crippen molar-refractivity contribution in [2.75, 3.05) is 23.5 Å². The molecule has 7 rings (SSSR count). The molecule has 2 atom stereocenters. The minimum absolute atomic E-state index is 0.365. The Labute approximate surface area is 227 Å². The van der Waals surface area contributed by atoms with Gasteiger partial charge in [0.1, 0.15) is 5.82 Å². The van der Waals surface area contributed by atoms with E-state index in [1.165, 1.54) is 76.3 Å². The third kappa shape index (κ3) is 4.10. The first-order valence-corrected chi connectivity index (χ1v) is 14.6. The second kappa shape index (κ2) is 9.37. The number of fused-ring (bicyclic) bond motifs is 3. The zero-order valence-corrected chi connectivity index (χ0v) is 23.3. The summed E-state index contributed by atoms with van der Waals surface area (Å²) in [6.45, 7) is 8.53. The predicted octanol–water partition coefficient (Wildman–Crippen LogP) is 6.66. The maximum Gasteiger partial charge on any atom is 0.162 e. The van der Waals surface area contributed by atoms with Crippen LogP contribution in [0.15, 0.2) is 36.4 Å². The zero-order chi connectivity index (χ0) is 26.0. The summed E-state index contributed by atoms with van der Waals surface area (Å²) in [4.78, 5) is 16.0. The van der Waals surface area contributed by atoms with E-state index in [1.807, 2.05) is 7.11 Å². The minimum Gasteiger partial charge on any atom is -0.381 e. The fraction of sp³-hybridized carbons (Fsp3) is 0.515. The summed E-state index contributed by atoms with van der Waals surface area (Å²) < 4.78 is 5.85. The van der Waals surface area contributed by atoms with Crippen LogP contribution in [0.25, 0.3) is 11.4 Å². The SMILES string of the molecule is COC1CC2CCC(C1)N2c1nc(-c2c(C)cccc2C)nc2c1CN(c1cc(C3CC3)ccc1C)CC2. The molecular weight excluding hydrogens is 468 g/mol. The highest BCUT2D eigenvalue weighted by molar-refractivity contribution is 5.69. The van der Waals surface area contributed by atoms with E-state index in [1.54, 1.807) is 0 Å². The van der Waals surface area contributed by atoms with E-state index in [0.29, 0.717) is 18.2 Å². The Morgan fingerprint density at radius 1 is 0.868 bits per heavy atom. The molecule has 2 bridgehead atoms. The van der Waals surface area contributed by atoms with Gasteiger partial charge < -0.3 is 14.5 Å². The standard InChI is InChI=1S/C33H40N4O/c1-20-8-9-24(23-10-11-23)16-30(20)36-15-14-29-28(19-36)33(37-25-12-13-26(37)18-27(17-25)38-4)35-32(34-29)31-21(2)6-5-7-22(31)3/h5-9,16,23,25-27H,10-15,17-19H2,1-4H3. The molecule has 3 fully saturated rings. The molecule has 1 aliphatic carbocycles. The van der Waals surface area contributed by atoms with Gasteiger partial charge in [-0.05, 0) is 93.5 Å². The number of methoxy groups -OCH3 is 1. The second-order valence-electron chi connectivity index (χ2n) is 12.2. The number of ether oxygens (including phenoxy) is 1. The first-order valence-electron chi connectivity index (χ1n) is 14.6. The van der Waals surface area contributed by atoms with Crippen molar-refractivity contribution in [1.29, 1.82) is 0 Å². The molecule has 5 heteroatoms. The quantitative estimate of drug-likeness (QED) is 0.386. The zero-order valence-electron chi connectivity index (χ0n) is 23.3. The molecular formula is C33H40N4O. The van der Waals surface area contributed by atoms with Crippen LogP contribution in [-0.2, 0) is 17.7 Å². The first-order chi connectivity index (χ1) is 18.5. The summed E-state index contributed by atoms with van der Waals surface area (Å²) in [7, 11) is 1.88. The van der Waals surface area contributed by atoms with Crippen molar-refractivity contribution in [2.45, 2.75) is 96.4 Å². The molecule has 0 spiro atoms. The van der Waals surface area contributed by atoms with E-state index in [-0.39, 0.29) is 0 Å². The molecule has 38 heavy (non-hydrogen) atoms. The van der Waals surface area contributed by atoms with Crippen LogP contribution >= 0.6 is 0 Å². The lowest BCUT2D eigenvalue weighted by Crippen LogP contribution is -2.47. The van der Waals surface area contributed by atoms with Gasteiger partial charge in [0.25, 0.3) is 0 Å². The van der Waals surface area contributed by atoms with Crippen LogP contribution in [0.4, 0.5) is 11.5 Å². The minimum atomic E-state index is 0.365. The number of benzene rings is 2. The van der Waals surface area contributed by atoms with Crippen LogP contribution in [0.5, 0.6) is 0 Å². The van der Waals surface area contributed by atoms with Gasteiger partial charge in [0, 0.05) is 55.5 Å². The number of anilines is 2. The molecule has 0 amide bonds. The Balaban J connectivity index is 1.33. The lowest BCUT2D eigenvalue weighted by Gasteiger charge is -2.42. The van der Waals surface area contributed by atoms with E-state index in [0.717, 1.165) is 44.1 Å². The Hall–Kier alpha value is -2.92. The fourth-order valence-corrected chi connectivity index (χ4v) is 7.40. The molecule has 3 aliphatic heterocycles. The van der Waals surface area contributed by atoms with Gasteiger partial charge in [-0.2, -0.15) is 0 Å². The molecule has 0 radical (unpaired) electrons. The Kier molecular flexibility index (Phi) is 5.95. The summed E-state index contributed by atoms with van der Waals surface area (Å²) >= 11 is 0. The normalized spacial score (nSPS) is 24.6. The maximum absolute atomic E-state index is 5.85. The smallest absolute Gasteiger partial charge is 0.162 e. The summed E-state index contributed by atoms with van der Waals surface area (Å²) in [5.74, 6) is 2.86. The molecule has 5 nitrogen and oxygen atoms in total. The lowest BCUT2D eigenvalue weighted by atomic mass is 9.96. The van der Waals surface area contributed by atoms with Crippen LogP contribution in [0.2, 0.25) is 0 Å². The van der Waals surface area contributed by atoms with E-state index >= 15 is 0 Å². The van der Waals surface area contributed by atoms with Gasteiger partial charge in [0.05, 0.1) is 11.8 Å². The number of aryl methyl sites for hydroxylation is 3. The van der Waals surface area contributed by atoms with Gasteiger partial charge in [-0.15, -0.1) is 0 Å². The van der Waals surface area contributed by atoms with E-state index in [4.69, 9.17) is 14.7 Å². The molecule has 198 valence electrons. The molecule has 4 aliphatic rings. The number of aromatic nitrogens is 2. The van der Waals surface area contributed by atoms with Crippen LogP contribution in [0, 0.1) is 20.8 Å². The number of piperidine rings is 1. The summed E-state index contributed by atoms with van der Waals surface area (Å²) in [5, 5.41) is 0. The first kappa shape index (κ1) is 24.1. The van der Waals surface area contributed by atoms with Crippen molar-refractivity contribution in [2.24, 2.45) is 0 Å². The average Bonchev–Trinajstić information content (AvgIpc) is 3.73. The summed E-state index contributed by atoms with van der Waals surface area (Å²) in [5.41, 5.74) is 10.6. The molecule has 4 heterocycles. The fourth-order valence-electron chi connectivity index (χ4n) is 7.40. The molecule has 2 saturated heterocycles. The monoisotopic (exact) mass is 508 g/mol. The molecule has 3 aromatic rings. The van der Waals surface area contributed by atoms with E-state index in [2.05, 4.69) is 67.0 Å². The summed E-state index contributed by atoms with van der Waals surface area (Å²) in [6, 6.07) is 14.7. The van der Waals surface area contributed by atoms with Crippen LogP contribution < -0.4 is 9.80 Å². The lowest BCUT2D eigenvalue weighted by molar-refractivity contribution is 0.0681. The van der Waals surface area contributed by atoms with Crippen molar-refractivity contribution in [1.82, 2.24) is 9.97 Å². The number of hydrogen-bond donors (Lipinski definition) is 0. The van der Waals surface area contributed by atoms with Crippen molar-refractivity contribution in [3.05, 3.63) is 69.9 Å². The summed E-state index contributed by atoms with van der Waals surface area (Å²) in [6.07, 6.45) is 8.65. The molecule has 1 saturated carbocycles. The number of rotatable bonds is 5. The van der Waals surface area contributed by atoms with Crippen molar-refractivity contribution >= 4 is 11.5 Å². The Morgan fingerprint density at radius 3 is 2.29 bits per heavy atom. The topological polar surface area (TPSA) is 41.5 Å². The van der Waals surface area contributed by atoms with E-state index in [9.17, 15) is 0 Å². The van der Waals surface area contributed by atoms with Gasteiger partial charge in [-0.1, -0.05) is 30.3 Å². The second-order valence-corrected chi connectivity index (χ2v) is 12.2. The Bertz CT molecular complexity index is 1350. The highest BCUT2D eigenvalue weighted by Gasteiger charge is 2.43. The van der Waals surface area contributed by atoms with Crippen LogP contribution in [-0.4, -0.2) is 41.8 Å². The third-order valence-corrected chi connectivity index (χ3v) is 9.63. The van der Waals surface area contributed by atoms with E-state index < -0.39 is 0 Å². The van der Waals surface area contributed by atoms with Gasteiger partial charge >= 0.3 is 0 Å². The van der Waals surface area contributed by atoms with Crippen molar-refractivity contribution in [3.63, 3.8) is 0 Å². The van der Waals surface area contributed by atoms with Gasteiger partial charge in [-0.3, -0.25) is 0 Å². The molecule has 2 unspecified atom stereocenters. The maximum atomic E-state index is 5.85. The molecule has 2 aromatic carbocycles. The highest BCUT2D eigenvalue weighted by Crippen LogP contribution is 2.45. The van der Waals surface area contributed by atoms with Gasteiger partial charge in [0.15, 0.2) is 5.82 Å². The van der Waals surface area contributed by atoms with Crippen LogP contribution in [0.1, 0.15) is 78.0 Å². The third-order valence-electron chi connectivity index (χ3n) is 9.63. The van der Waals surface area contributed by atoms with Gasteiger partial charge in [-0.25, -0.2) is 9.97 Å². The molecule has 1 aromatic heterocycles. The number of hydrogen-bond acceptors (Lipinski definition) is 5. The molecule has 0 N–H and O–H groups in total. The van der Waals surface area contributed by atoms with Crippen LogP contribution in [0.3, 0.4) is 0 Å². The largest absolute Gasteiger partial charge is 0.381 e. The Morgan fingerprint density at radius 2 is 1.61 bits per heavy atom. The highest BCUT2D eigenvalue weighted by atomic mass is 16.5. The van der Waals surface area contributed by atoms with Gasteiger partial charge in [0.2, 0.25) is 0 Å². The predicted molar refractivity (Wildman–Crippen MR) is 154 cm³/mol. The van der Waals surface area contributed by atoms with Crippen molar-refractivity contribution < 1.29 is 4.74 Å². The number of nitrogens with zero attached hydrogens (tertiary/aromatic N) is 4. The van der Waals surface area contributed by atoms with Crippen molar-refractivity contribution in [3.8, 4) is 11.4 Å². The average molecular weight is 509 g/mol.